The van der Waals surface area contributed by atoms with Gasteiger partial charge in [-0.25, -0.2) is 5.14 Å². The van der Waals surface area contributed by atoms with Crippen LogP contribution in [0.1, 0.15) is 12.8 Å². The molecule has 0 bridgehead atoms. The molecule has 18 heavy (non-hydrogen) atoms. The van der Waals surface area contributed by atoms with Gasteiger partial charge in [0, 0.05) is 18.8 Å². The number of methoxy groups -OCH3 is 1. The molecule has 0 aromatic heterocycles. The number of hydrogen-bond donors (Lipinski definition) is 3. The van der Waals surface area contributed by atoms with Crippen molar-refractivity contribution in [2.75, 3.05) is 17.1 Å². The lowest BCUT2D eigenvalue weighted by atomic mass is 9.89. The van der Waals surface area contributed by atoms with Gasteiger partial charge in [0.1, 0.15) is 0 Å². The van der Waals surface area contributed by atoms with Crippen molar-refractivity contribution >= 4 is 21.6 Å². The maximum Gasteiger partial charge on any atom is 0.296 e. The summed E-state index contributed by atoms with van der Waals surface area (Å²) in [6, 6.07) is 7.38. The summed E-state index contributed by atoms with van der Waals surface area (Å²) in [5, 5.41) is 8.23. The van der Waals surface area contributed by atoms with Gasteiger partial charge in [0.2, 0.25) is 0 Å². The lowest BCUT2D eigenvalue weighted by molar-refractivity contribution is 0.0329. The van der Waals surface area contributed by atoms with Gasteiger partial charge in [-0.1, -0.05) is 6.07 Å². The van der Waals surface area contributed by atoms with Crippen LogP contribution in [0.25, 0.3) is 0 Å². The highest BCUT2D eigenvalue weighted by molar-refractivity contribution is 7.90. The van der Waals surface area contributed by atoms with Crippen LogP contribution in [0.15, 0.2) is 24.3 Å². The molecule has 0 aliphatic heterocycles. The number of rotatable bonds is 5. The first-order valence-corrected chi connectivity index (χ1v) is 7.21. The van der Waals surface area contributed by atoms with Crippen molar-refractivity contribution in [2.45, 2.75) is 25.0 Å². The predicted octanol–water partition coefficient (Wildman–Crippen LogP) is 0.891. The molecule has 0 amide bonds. The Bertz CT molecular complexity index is 512. The fourth-order valence-corrected chi connectivity index (χ4v) is 2.40. The largest absolute Gasteiger partial charge is 0.382 e. The van der Waals surface area contributed by atoms with E-state index in [1.807, 2.05) is 6.07 Å². The molecule has 1 aliphatic carbocycles. The first kappa shape index (κ1) is 13.1. The van der Waals surface area contributed by atoms with Crippen molar-refractivity contribution in [2.24, 2.45) is 5.14 Å². The van der Waals surface area contributed by atoms with E-state index in [1.165, 1.54) is 0 Å². The Morgan fingerprint density at radius 1 is 1.33 bits per heavy atom. The minimum absolute atomic E-state index is 0.327. The summed E-state index contributed by atoms with van der Waals surface area (Å²) in [5.74, 6) is 0. The molecule has 0 saturated heterocycles. The fraction of sp³-hybridized carbons (Fsp3) is 0.455. The van der Waals surface area contributed by atoms with Crippen LogP contribution in [0.4, 0.5) is 11.4 Å². The molecule has 1 aromatic rings. The summed E-state index contributed by atoms with van der Waals surface area (Å²) < 4.78 is 29.3. The second kappa shape index (κ2) is 5.13. The van der Waals surface area contributed by atoms with E-state index in [4.69, 9.17) is 9.88 Å². The number of anilines is 2. The lowest BCUT2D eigenvalue weighted by Gasteiger charge is -2.35. The van der Waals surface area contributed by atoms with Crippen molar-refractivity contribution < 1.29 is 13.2 Å². The summed E-state index contributed by atoms with van der Waals surface area (Å²) >= 11 is 0. The van der Waals surface area contributed by atoms with Crippen LogP contribution in [0.2, 0.25) is 0 Å². The molecular weight excluding hydrogens is 254 g/mol. The van der Waals surface area contributed by atoms with Gasteiger partial charge in [0.15, 0.2) is 0 Å². The zero-order valence-electron chi connectivity index (χ0n) is 10.1. The number of hydrogen-bond acceptors (Lipinski definition) is 4. The molecule has 1 aliphatic rings. The van der Waals surface area contributed by atoms with Crippen LogP contribution in [0.3, 0.4) is 0 Å². The lowest BCUT2D eigenvalue weighted by Crippen LogP contribution is -2.40. The van der Waals surface area contributed by atoms with Gasteiger partial charge < -0.3 is 10.1 Å². The standard InChI is InChI=1S/C11H17N3O3S/c1-17-11-6-10(7-11)13-8-3-2-4-9(5-8)14-18(12,15)16/h2-5,10-11,13-14H,6-7H2,1H3,(H2,12,15,16). The molecule has 0 atom stereocenters. The van der Waals surface area contributed by atoms with Crippen molar-refractivity contribution in [1.82, 2.24) is 0 Å². The number of benzene rings is 1. The molecule has 2 rings (SSSR count). The molecule has 1 saturated carbocycles. The van der Waals surface area contributed by atoms with Gasteiger partial charge in [-0.05, 0) is 31.0 Å². The zero-order chi connectivity index (χ0) is 13.2. The summed E-state index contributed by atoms with van der Waals surface area (Å²) in [4.78, 5) is 0. The molecule has 1 aromatic carbocycles. The quantitative estimate of drug-likeness (QED) is 0.741. The monoisotopic (exact) mass is 271 g/mol. The Morgan fingerprint density at radius 3 is 2.61 bits per heavy atom. The third-order valence-electron chi connectivity index (χ3n) is 2.92. The maximum absolute atomic E-state index is 10.9. The van der Waals surface area contributed by atoms with Crippen molar-refractivity contribution in [1.29, 1.82) is 0 Å². The van der Waals surface area contributed by atoms with Crippen LogP contribution in [0.5, 0.6) is 0 Å². The van der Waals surface area contributed by atoms with E-state index in [2.05, 4.69) is 10.0 Å². The molecule has 0 unspecified atom stereocenters. The molecule has 1 fully saturated rings. The molecule has 100 valence electrons. The van der Waals surface area contributed by atoms with E-state index in [1.54, 1.807) is 25.3 Å². The van der Waals surface area contributed by atoms with Crippen molar-refractivity contribution in [3.8, 4) is 0 Å². The molecule has 7 heteroatoms. The average Bonchev–Trinajstić information content (AvgIpc) is 2.20. The van der Waals surface area contributed by atoms with E-state index in [0.29, 0.717) is 17.8 Å². The summed E-state index contributed by atoms with van der Waals surface area (Å²) in [6.45, 7) is 0. The Labute approximate surface area is 107 Å². The van der Waals surface area contributed by atoms with Crippen LogP contribution >= 0.6 is 0 Å². The summed E-state index contributed by atoms with van der Waals surface area (Å²) in [7, 11) is -2.02. The van der Waals surface area contributed by atoms with E-state index < -0.39 is 10.2 Å². The van der Waals surface area contributed by atoms with E-state index >= 15 is 0 Å². The second-order valence-corrected chi connectivity index (χ2v) is 5.69. The Hall–Kier alpha value is -1.31. The molecule has 0 heterocycles. The Kier molecular flexibility index (Phi) is 3.74. The summed E-state index contributed by atoms with van der Waals surface area (Å²) in [6.07, 6.45) is 2.25. The topological polar surface area (TPSA) is 93.4 Å². The van der Waals surface area contributed by atoms with Gasteiger partial charge in [-0.3, -0.25) is 4.72 Å². The van der Waals surface area contributed by atoms with Gasteiger partial charge in [-0.2, -0.15) is 8.42 Å². The van der Waals surface area contributed by atoms with Crippen LogP contribution in [0, 0.1) is 0 Å². The number of nitrogens with one attached hydrogen (secondary N) is 2. The van der Waals surface area contributed by atoms with Gasteiger partial charge >= 0.3 is 0 Å². The van der Waals surface area contributed by atoms with Gasteiger partial charge in [-0.15, -0.1) is 0 Å². The van der Waals surface area contributed by atoms with Crippen molar-refractivity contribution in [3.05, 3.63) is 24.3 Å². The smallest absolute Gasteiger partial charge is 0.296 e. The first-order chi connectivity index (χ1) is 8.46. The van der Waals surface area contributed by atoms with Crippen LogP contribution in [-0.2, 0) is 14.9 Å². The van der Waals surface area contributed by atoms with Crippen molar-refractivity contribution in [3.63, 3.8) is 0 Å². The highest BCUT2D eigenvalue weighted by Gasteiger charge is 2.28. The average molecular weight is 271 g/mol. The fourth-order valence-electron chi connectivity index (χ4n) is 1.95. The highest BCUT2D eigenvalue weighted by atomic mass is 32.2. The molecule has 0 radical (unpaired) electrons. The summed E-state index contributed by atoms with van der Waals surface area (Å²) in [5.41, 5.74) is 1.31. The second-order valence-electron chi connectivity index (χ2n) is 4.40. The first-order valence-electron chi connectivity index (χ1n) is 5.66. The predicted molar refractivity (Wildman–Crippen MR) is 70.6 cm³/mol. The molecule has 6 nitrogen and oxygen atoms in total. The zero-order valence-corrected chi connectivity index (χ0v) is 10.9. The Morgan fingerprint density at radius 2 is 2.00 bits per heavy atom. The number of nitrogens with two attached hydrogens (primary N) is 1. The van der Waals surface area contributed by atoms with Gasteiger partial charge in [0.25, 0.3) is 10.2 Å². The SMILES string of the molecule is COC1CC(Nc2cccc(NS(N)(=O)=O)c2)C1. The van der Waals surface area contributed by atoms with Crippen LogP contribution in [-0.4, -0.2) is 27.7 Å². The Balaban J connectivity index is 1.96. The van der Waals surface area contributed by atoms with Gasteiger partial charge in [0.05, 0.1) is 11.8 Å². The molecule has 4 N–H and O–H groups in total. The van der Waals surface area contributed by atoms with E-state index in [9.17, 15) is 8.42 Å². The number of ether oxygens (including phenoxy) is 1. The van der Waals surface area contributed by atoms with E-state index in [-0.39, 0.29) is 0 Å². The molecule has 0 spiro atoms. The minimum Gasteiger partial charge on any atom is -0.382 e. The minimum atomic E-state index is -3.72. The highest BCUT2D eigenvalue weighted by Crippen LogP contribution is 2.27. The normalized spacial score (nSPS) is 23.2. The third kappa shape index (κ3) is 3.59. The van der Waals surface area contributed by atoms with E-state index in [0.717, 1.165) is 18.5 Å². The molecular formula is C11H17N3O3S. The van der Waals surface area contributed by atoms with Crippen LogP contribution < -0.4 is 15.2 Å². The maximum atomic E-state index is 10.9. The third-order valence-corrected chi connectivity index (χ3v) is 3.44.